The zero-order valence-corrected chi connectivity index (χ0v) is 15.1. The molecule has 1 aliphatic rings. The molecule has 6 heteroatoms. The van der Waals surface area contributed by atoms with Crippen LogP contribution in [-0.4, -0.2) is 49.1 Å². The third-order valence-electron chi connectivity index (χ3n) is 4.64. The summed E-state index contributed by atoms with van der Waals surface area (Å²) in [7, 11) is -3.03. The predicted octanol–water partition coefficient (Wildman–Crippen LogP) is 2.38. The van der Waals surface area contributed by atoms with Gasteiger partial charge >= 0.3 is 0 Å². The van der Waals surface area contributed by atoms with Crippen LogP contribution in [0.4, 0.5) is 0 Å². The molecule has 1 amide bonds. The van der Waals surface area contributed by atoms with E-state index in [1.54, 1.807) is 24.0 Å². The number of rotatable bonds is 6. The van der Waals surface area contributed by atoms with Gasteiger partial charge in [-0.1, -0.05) is 36.8 Å². The number of carbonyl (C=O) groups excluding carboxylic acids is 2. The summed E-state index contributed by atoms with van der Waals surface area (Å²) in [6.45, 7) is 4.53. The largest absolute Gasteiger partial charge is 0.343 e. The molecular weight excluding hydrogens is 326 g/mol. The first-order valence-electron chi connectivity index (χ1n) is 8.42. The van der Waals surface area contributed by atoms with Gasteiger partial charge in [0.2, 0.25) is 5.91 Å². The fraction of sp³-hybridized carbons (Fsp3) is 0.556. The van der Waals surface area contributed by atoms with Gasteiger partial charge in [-0.15, -0.1) is 0 Å². The molecule has 0 unspecified atom stereocenters. The predicted molar refractivity (Wildman–Crippen MR) is 93.8 cm³/mol. The highest BCUT2D eigenvalue weighted by Gasteiger charge is 2.30. The van der Waals surface area contributed by atoms with Crippen LogP contribution >= 0.6 is 0 Å². The number of benzene rings is 1. The molecule has 1 aromatic carbocycles. The zero-order valence-electron chi connectivity index (χ0n) is 14.3. The number of amides is 1. The minimum atomic E-state index is -3.03. The van der Waals surface area contributed by atoms with Crippen molar-refractivity contribution in [2.75, 3.05) is 18.8 Å². The Kier molecular flexibility index (Phi) is 6.15. The highest BCUT2D eigenvalue weighted by molar-refractivity contribution is 7.92. The monoisotopic (exact) mass is 351 g/mol. The maximum absolute atomic E-state index is 12.2. The van der Waals surface area contributed by atoms with E-state index in [1.807, 2.05) is 19.1 Å². The molecule has 1 fully saturated rings. The van der Waals surface area contributed by atoms with Crippen LogP contribution in [0.1, 0.15) is 48.5 Å². The Morgan fingerprint density at radius 2 is 1.67 bits per heavy atom. The third kappa shape index (κ3) is 4.66. The number of ketones is 1. The van der Waals surface area contributed by atoms with Crippen LogP contribution in [0.2, 0.25) is 0 Å². The normalized spacial score (nSPS) is 16.2. The molecule has 0 radical (unpaired) electrons. The number of carbonyl (C=O) groups is 2. The Bertz CT molecular complexity index is 686. The molecule has 0 bridgehead atoms. The Morgan fingerprint density at radius 3 is 2.21 bits per heavy atom. The minimum absolute atomic E-state index is 0.0354. The Morgan fingerprint density at radius 1 is 1.08 bits per heavy atom. The van der Waals surface area contributed by atoms with Crippen LogP contribution in [0.25, 0.3) is 0 Å². The second kappa shape index (κ2) is 7.92. The van der Waals surface area contributed by atoms with Crippen LogP contribution < -0.4 is 0 Å². The summed E-state index contributed by atoms with van der Waals surface area (Å²) in [5.74, 6) is 0.0473. The molecule has 0 aromatic heterocycles. The van der Waals surface area contributed by atoms with Gasteiger partial charge < -0.3 is 4.90 Å². The number of nitrogens with zero attached hydrogens (tertiary/aromatic N) is 1. The number of hydrogen-bond donors (Lipinski definition) is 0. The minimum Gasteiger partial charge on any atom is -0.343 e. The Labute approximate surface area is 144 Å². The third-order valence-corrected chi connectivity index (χ3v) is 6.94. The van der Waals surface area contributed by atoms with E-state index in [-0.39, 0.29) is 35.5 Å². The fourth-order valence-corrected chi connectivity index (χ4v) is 4.36. The van der Waals surface area contributed by atoms with Gasteiger partial charge in [0, 0.05) is 37.2 Å². The van der Waals surface area contributed by atoms with Crippen LogP contribution in [0.5, 0.6) is 0 Å². The maximum atomic E-state index is 12.2. The first-order chi connectivity index (χ1) is 11.3. The highest BCUT2D eigenvalue weighted by atomic mass is 32.2. The van der Waals surface area contributed by atoms with Crippen molar-refractivity contribution in [2.24, 2.45) is 0 Å². The van der Waals surface area contributed by atoms with Gasteiger partial charge in [-0.3, -0.25) is 9.59 Å². The number of hydrogen-bond acceptors (Lipinski definition) is 4. The first kappa shape index (κ1) is 18.6. The maximum Gasteiger partial charge on any atom is 0.223 e. The number of piperidine rings is 1. The van der Waals surface area contributed by atoms with E-state index in [9.17, 15) is 18.0 Å². The summed E-state index contributed by atoms with van der Waals surface area (Å²) in [6, 6.07) is 7.33. The van der Waals surface area contributed by atoms with Crippen LogP contribution in [0.3, 0.4) is 0 Å². The summed E-state index contributed by atoms with van der Waals surface area (Å²) in [5, 5.41) is -0.333. The van der Waals surface area contributed by atoms with Crippen molar-refractivity contribution < 1.29 is 18.0 Å². The molecule has 1 heterocycles. The molecule has 0 saturated carbocycles. The van der Waals surface area contributed by atoms with E-state index in [2.05, 4.69) is 0 Å². The Hall–Kier alpha value is -1.69. The van der Waals surface area contributed by atoms with Gasteiger partial charge in [0.1, 0.15) is 0 Å². The van der Waals surface area contributed by atoms with E-state index in [0.29, 0.717) is 31.5 Å². The average molecular weight is 351 g/mol. The molecule has 132 valence electrons. The van der Waals surface area contributed by atoms with Crippen molar-refractivity contribution in [2.45, 2.75) is 44.8 Å². The molecule has 2 rings (SSSR count). The SMILES string of the molecule is CCS(=O)(=O)C1CCN(C(=O)CCC(=O)c2ccc(C)cc2)CC1. The standard InChI is InChI=1S/C18H25NO4S/c1-3-24(22,23)16-10-12-19(13-11-16)18(21)9-8-17(20)15-6-4-14(2)5-7-15/h4-7,16H,3,8-13H2,1-2H3. The molecule has 0 aliphatic carbocycles. The van der Waals surface area contributed by atoms with Gasteiger partial charge in [-0.05, 0) is 19.8 Å². The lowest BCUT2D eigenvalue weighted by Gasteiger charge is -2.31. The molecule has 5 nitrogen and oxygen atoms in total. The molecule has 0 N–H and O–H groups in total. The number of sulfone groups is 1. The van der Waals surface area contributed by atoms with Crippen molar-refractivity contribution in [1.82, 2.24) is 4.90 Å². The van der Waals surface area contributed by atoms with Gasteiger partial charge in [0.25, 0.3) is 0 Å². The Balaban J connectivity index is 1.81. The zero-order chi connectivity index (χ0) is 17.7. The van der Waals surface area contributed by atoms with Gasteiger partial charge in [0.05, 0.1) is 5.25 Å². The summed E-state index contributed by atoms with van der Waals surface area (Å²) in [5.41, 5.74) is 1.72. The lowest BCUT2D eigenvalue weighted by molar-refractivity contribution is -0.132. The van der Waals surface area contributed by atoms with Gasteiger partial charge in [-0.2, -0.15) is 0 Å². The van der Waals surface area contributed by atoms with Crippen LogP contribution in [0.15, 0.2) is 24.3 Å². The molecule has 1 saturated heterocycles. The van der Waals surface area contributed by atoms with Crippen LogP contribution in [0, 0.1) is 6.92 Å². The first-order valence-corrected chi connectivity index (χ1v) is 10.1. The van der Waals surface area contributed by atoms with Crippen molar-refractivity contribution in [1.29, 1.82) is 0 Å². The lowest BCUT2D eigenvalue weighted by atomic mass is 10.0. The van der Waals surface area contributed by atoms with Crippen molar-refractivity contribution in [3.8, 4) is 0 Å². The molecule has 0 atom stereocenters. The summed E-state index contributed by atoms with van der Waals surface area (Å²) in [6.07, 6.45) is 1.36. The molecular formula is C18H25NO4S. The van der Waals surface area contributed by atoms with Gasteiger partial charge in [0.15, 0.2) is 15.6 Å². The smallest absolute Gasteiger partial charge is 0.223 e. The van der Waals surface area contributed by atoms with E-state index in [0.717, 1.165) is 5.56 Å². The highest BCUT2D eigenvalue weighted by Crippen LogP contribution is 2.19. The summed E-state index contributed by atoms with van der Waals surface area (Å²) >= 11 is 0. The number of likely N-dealkylation sites (tertiary alicyclic amines) is 1. The second-order valence-corrected chi connectivity index (χ2v) is 8.89. The van der Waals surface area contributed by atoms with Crippen molar-refractivity contribution in [3.05, 3.63) is 35.4 Å². The molecule has 0 spiro atoms. The molecule has 24 heavy (non-hydrogen) atoms. The average Bonchev–Trinajstić information content (AvgIpc) is 2.60. The molecule has 1 aliphatic heterocycles. The lowest BCUT2D eigenvalue weighted by Crippen LogP contribution is -2.42. The summed E-state index contributed by atoms with van der Waals surface area (Å²) in [4.78, 5) is 26.0. The van der Waals surface area contributed by atoms with E-state index < -0.39 is 9.84 Å². The molecule has 1 aromatic rings. The van der Waals surface area contributed by atoms with Gasteiger partial charge in [-0.25, -0.2) is 8.42 Å². The number of Topliss-reactive ketones (excluding diaryl/α,β-unsaturated/α-hetero) is 1. The van der Waals surface area contributed by atoms with E-state index >= 15 is 0 Å². The van der Waals surface area contributed by atoms with Crippen LogP contribution in [-0.2, 0) is 14.6 Å². The van der Waals surface area contributed by atoms with Crippen molar-refractivity contribution in [3.63, 3.8) is 0 Å². The number of aryl methyl sites for hydroxylation is 1. The quantitative estimate of drug-likeness (QED) is 0.738. The van der Waals surface area contributed by atoms with E-state index in [4.69, 9.17) is 0 Å². The second-order valence-electron chi connectivity index (χ2n) is 6.32. The topological polar surface area (TPSA) is 71.5 Å². The fourth-order valence-electron chi connectivity index (χ4n) is 2.96. The van der Waals surface area contributed by atoms with E-state index in [1.165, 1.54) is 0 Å². The van der Waals surface area contributed by atoms with Crippen molar-refractivity contribution >= 4 is 21.5 Å². The summed E-state index contributed by atoms with van der Waals surface area (Å²) < 4.78 is 23.8.